The summed E-state index contributed by atoms with van der Waals surface area (Å²) in [7, 11) is -5.09. The quantitative estimate of drug-likeness (QED) is 0.650. The van der Waals surface area contributed by atoms with Crippen molar-refractivity contribution < 1.29 is 0 Å². The smallest absolute Gasteiger partial charge is 0.0624 e. The summed E-state index contributed by atoms with van der Waals surface area (Å²) in [6.07, 6.45) is 0. The first kappa shape index (κ1) is 20.9. The average molecular weight is 373 g/mol. The van der Waals surface area contributed by atoms with Gasteiger partial charge in [-0.05, 0) is 0 Å². The van der Waals surface area contributed by atoms with Crippen LogP contribution in [0.1, 0.15) is 0 Å². The zero-order valence-corrected chi connectivity index (χ0v) is 22.0. The van der Waals surface area contributed by atoms with Gasteiger partial charge in [-0.3, -0.25) is 0 Å². The fourth-order valence-electron chi connectivity index (χ4n) is 3.12. The van der Waals surface area contributed by atoms with E-state index in [9.17, 15) is 0 Å². The highest BCUT2D eigenvalue weighted by molar-refractivity contribution is 7.62. The minimum absolute atomic E-state index is 0.403. The highest BCUT2D eigenvalue weighted by Crippen LogP contribution is 2.13. The van der Waals surface area contributed by atoms with Gasteiger partial charge < -0.3 is 0 Å². The van der Waals surface area contributed by atoms with Crippen molar-refractivity contribution in [1.29, 1.82) is 0 Å². The number of hydrogen-bond donors (Lipinski definition) is 0. The molecule has 0 fully saturated rings. The van der Waals surface area contributed by atoms with Crippen LogP contribution in [0.3, 0.4) is 0 Å². The second-order valence-corrected chi connectivity index (χ2v) is 57.0. The lowest BCUT2D eigenvalue weighted by Gasteiger charge is -2.29. The Kier molecular flexibility index (Phi) is 6.82. The van der Waals surface area contributed by atoms with E-state index in [1.54, 1.807) is 0 Å². The van der Waals surface area contributed by atoms with Crippen molar-refractivity contribution in [3.05, 3.63) is 0 Å². The predicted molar refractivity (Wildman–Crippen MR) is 115 cm³/mol. The van der Waals surface area contributed by atoms with Crippen molar-refractivity contribution in [3.8, 4) is 0 Å². The maximum absolute atomic E-state index is 4.00. The standard InChI is InChI=1S/C14H36Si6/c1-17(2,3)15(18(4,5)6)13-14-16(19(7,8)9)20(10,11)12/h1-12H3. The van der Waals surface area contributed by atoms with E-state index in [1.165, 1.54) is 0 Å². The molecule has 0 radical (unpaired) electrons. The molecule has 0 saturated carbocycles. The van der Waals surface area contributed by atoms with E-state index in [0.29, 0.717) is 0 Å². The fourth-order valence-corrected chi connectivity index (χ4v) is 70.9. The Hall–Kier alpha value is 0.861. The summed E-state index contributed by atoms with van der Waals surface area (Å²) in [6, 6.07) is 0. The summed E-state index contributed by atoms with van der Waals surface area (Å²) < 4.78 is 0. The molecule has 0 heterocycles. The molecule has 0 atom stereocenters. The van der Waals surface area contributed by atoms with Crippen LogP contribution in [-0.2, 0) is 0 Å². The highest BCUT2D eigenvalue weighted by Gasteiger charge is 2.34. The van der Waals surface area contributed by atoms with Gasteiger partial charge in [0, 0.05) is 0 Å². The maximum Gasteiger partial charge on any atom is 0.0624 e. The van der Waals surface area contributed by atoms with E-state index >= 15 is 0 Å². The molecule has 116 valence electrons. The molecule has 0 aliphatic heterocycles. The molecule has 0 spiro atoms. The highest BCUT2D eigenvalue weighted by atomic mass is 29.6. The number of hydrogen-bond acceptors (Lipinski definition) is 0. The van der Waals surface area contributed by atoms with Gasteiger partial charge in [-0.25, -0.2) is 0 Å². The first-order valence-corrected chi connectivity index (χ1v) is 28.8. The summed E-state index contributed by atoms with van der Waals surface area (Å²) in [5, 5.41) is 8.01. The van der Waals surface area contributed by atoms with Crippen molar-refractivity contribution >= 4 is 55.9 Å². The van der Waals surface area contributed by atoms with Gasteiger partial charge in [-0.1, -0.05) is 78.6 Å². The van der Waals surface area contributed by atoms with Gasteiger partial charge in [0.25, 0.3) is 0 Å². The summed E-state index contributed by atoms with van der Waals surface area (Å²) in [6.45, 7) is 30.7. The van der Waals surface area contributed by atoms with Crippen LogP contribution in [0.5, 0.6) is 0 Å². The third-order valence-corrected chi connectivity index (χ3v) is 56.8. The van der Waals surface area contributed by atoms with Crippen LogP contribution in [-0.4, -0.2) is 55.9 Å². The molecule has 0 aliphatic rings. The summed E-state index contributed by atoms with van der Waals surface area (Å²) in [4.78, 5) is 0. The monoisotopic (exact) mass is 372 g/mol. The molecule has 0 unspecified atom stereocenters. The van der Waals surface area contributed by atoms with Gasteiger partial charge in [0.1, 0.15) is 0 Å². The van der Waals surface area contributed by atoms with Crippen LogP contribution in [0.25, 0.3) is 0 Å². The molecule has 0 aliphatic carbocycles. The van der Waals surface area contributed by atoms with Gasteiger partial charge in [-0.15, -0.1) is 10.7 Å². The Balaban J connectivity index is 6.51. The second-order valence-electron chi connectivity index (χ2n) is 10.0. The van der Waals surface area contributed by atoms with Crippen molar-refractivity contribution in [2.75, 3.05) is 0 Å². The van der Waals surface area contributed by atoms with Crippen molar-refractivity contribution in [1.82, 2.24) is 0 Å². The van der Waals surface area contributed by atoms with E-state index in [2.05, 4.69) is 89.2 Å². The van der Waals surface area contributed by atoms with Crippen LogP contribution >= 0.6 is 0 Å². The molecule has 0 nitrogen and oxygen atoms in total. The third kappa shape index (κ3) is 6.75. The van der Waals surface area contributed by atoms with Gasteiger partial charge in [-0.2, -0.15) is 0 Å². The molecule has 0 N–H and O–H groups in total. The summed E-state index contributed by atoms with van der Waals surface area (Å²) in [5.74, 6) is 0. The zero-order chi connectivity index (χ0) is 16.6. The van der Waals surface area contributed by atoms with E-state index in [0.717, 1.165) is 0 Å². The molecule has 20 heavy (non-hydrogen) atoms. The average Bonchev–Trinajstić information content (AvgIpc) is 2.02. The van der Waals surface area contributed by atoms with E-state index in [1.807, 2.05) is 0 Å². The van der Waals surface area contributed by atoms with Crippen LogP contribution < -0.4 is 0 Å². The van der Waals surface area contributed by atoms with E-state index in [-0.39, 0.29) is 0 Å². The normalized spacial score (nSPS) is 13.6. The largest absolute Gasteiger partial charge is 0.124 e. The molecular weight excluding hydrogens is 337 g/mol. The zero-order valence-electron chi connectivity index (χ0n) is 16.0. The Morgan fingerprint density at radius 1 is 0.400 bits per heavy atom. The van der Waals surface area contributed by atoms with Crippen molar-refractivity contribution in [2.45, 2.75) is 78.6 Å². The number of rotatable bonds is 4. The van der Waals surface area contributed by atoms with Crippen LogP contribution in [0.4, 0.5) is 0 Å². The minimum Gasteiger partial charge on any atom is -0.124 e. The predicted octanol–water partition coefficient (Wildman–Crippen LogP) is 4.16. The Morgan fingerprint density at radius 3 is 0.650 bits per heavy atom. The Bertz CT molecular complexity index is 374. The lowest BCUT2D eigenvalue weighted by Crippen LogP contribution is -2.55. The molecule has 0 bridgehead atoms. The lowest BCUT2D eigenvalue weighted by molar-refractivity contribution is 1.81. The molecule has 0 amide bonds. The minimum atomic E-state index is -1.07. The summed E-state index contributed by atoms with van der Waals surface area (Å²) >= 11 is 0. The first-order chi connectivity index (χ1) is 8.47. The Morgan fingerprint density at radius 2 is 0.550 bits per heavy atom. The van der Waals surface area contributed by atoms with Gasteiger partial charge >= 0.3 is 0 Å². The fraction of sp³-hybridized carbons (Fsp3) is 0.857. The molecule has 0 aromatic carbocycles. The Labute approximate surface area is 134 Å². The lowest BCUT2D eigenvalue weighted by atomic mass is 11.3. The first-order valence-electron chi connectivity index (χ1n) is 7.75. The molecule has 6 heteroatoms. The van der Waals surface area contributed by atoms with Gasteiger partial charge in [0.2, 0.25) is 0 Å². The molecule has 0 rings (SSSR count). The SMILES string of the molecule is C[Si](C)(C)[Si](=C=C=[Si]([Si](C)(C)C)[Si](C)(C)C)[Si](C)(C)C. The third-order valence-electron chi connectivity index (χ3n) is 3.31. The topological polar surface area (TPSA) is 0 Å². The van der Waals surface area contributed by atoms with Crippen LogP contribution in [0.2, 0.25) is 78.6 Å². The van der Waals surface area contributed by atoms with Gasteiger partial charge in [0.15, 0.2) is 0 Å². The molecular formula is C14H36Si6. The summed E-state index contributed by atoms with van der Waals surface area (Å²) in [5.41, 5.74) is 0. The van der Waals surface area contributed by atoms with Gasteiger partial charge in [0.05, 0.1) is 45.3 Å². The van der Waals surface area contributed by atoms with Crippen LogP contribution in [0, 0.1) is 0 Å². The maximum atomic E-state index is 4.00. The van der Waals surface area contributed by atoms with Crippen molar-refractivity contribution in [3.63, 3.8) is 0 Å². The van der Waals surface area contributed by atoms with E-state index in [4.69, 9.17) is 0 Å². The molecule has 0 saturated heterocycles. The van der Waals surface area contributed by atoms with E-state index < -0.39 is 45.3 Å². The molecule has 0 aromatic rings. The second kappa shape index (κ2) is 6.54. The van der Waals surface area contributed by atoms with Crippen LogP contribution in [0.15, 0.2) is 0 Å². The molecule has 0 aromatic heterocycles. The van der Waals surface area contributed by atoms with Crippen molar-refractivity contribution in [2.24, 2.45) is 0 Å².